The summed E-state index contributed by atoms with van der Waals surface area (Å²) < 4.78 is 0. The third-order valence-electron chi connectivity index (χ3n) is 3.28. The van der Waals surface area contributed by atoms with Gasteiger partial charge in [-0.3, -0.25) is 0 Å². The molecular weight excluding hydrogens is 266 g/mol. The van der Waals surface area contributed by atoms with Gasteiger partial charge in [0.2, 0.25) is 0 Å². The molecule has 1 aromatic heterocycles. The number of nitrogens with zero attached hydrogens (tertiary/aromatic N) is 2. The van der Waals surface area contributed by atoms with Crippen molar-refractivity contribution in [3.05, 3.63) is 45.4 Å². The summed E-state index contributed by atoms with van der Waals surface area (Å²) in [6.45, 7) is 9.08. The van der Waals surface area contributed by atoms with E-state index in [2.05, 4.69) is 66.6 Å². The third kappa shape index (κ3) is 3.81. The number of anilines is 1. The van der Waals surface area contributed by atoms with Crippen molar-refractivity contribution in [2.75, 3.05) is 18.5 Å². The molecule has 0 amide bonds. The first-order valence-electron chi connectivity index (χ1n) is 7.02. The van der Waals surface area contributed by atoms with E-state index >= 15 is 0 Å². The van der Waals surface area contributed by atoms with Crippen molar-refractivity contribution in [2.24, 2.45) is 0 Å². The van der Waals surface area contributed by atoms with Gasteiger partial charge in [0.25, 0.3) is 0 Å². The van der Waals surface area contributed by atoms with Gasteiger partial charge in [-0.2, -0.15) is 0 Å². The van der Waals surface area contributed by atoms with E-state index in [0.717, 1.165) is 30.3 Å². The Morgan fingerprint density at radius 1 is 1.30 bits per heavy atom. The lowest BCUT2D eigenvalue weighted by Crippen LogP contribution is -2.21. The maximum Gasteiger partial charge on any atom is 0.0898 e. The highest BCUT2D eigenvalue weighted by atomic mass is 32.1. The van der Waals surface area contributed by atoms with Crippen molar-refractivity contribution >= 4 is 17.0 Å². The zero-order chi connectivity index (χ0) is 14.5. The zero-order valence-corrected chi connectivity index (χ0v) is 13.5. The second-order valence-corrected chi connectivity index (χ2v) is 6.19. The summed E-state index contributed by atoms with van der Waals surface area (Å²) >= 11 is 1.71. The Bertz CT molecular complexity index is 563. The van der Waals surface area contributed by atoms with Crippen molar-refractivity contribution in [1.82, 2.24) is 10.3 Å². The Hall–Kier alpha value is -1.39. The number of hydrogen-bond acceptors (Lipinski definition) is 4. The van der Waals surface area contributed by atoms with Crippen LogP contribution in [0, 0.1) is 13.8 Å². The van der Waals surface area contributed by atoms with Crippen LogP contribution in [0.25, 0.3) is 0 Å². The molecule has 2 rings (SSSR count). The normalized spacial score (nSPS) is 10.8. The molecule has 0 saturated carbocycles. The summed E-state index contributed by atoms with van der Waals surface area (Å²) in [6, 6.07) is 6.65. The number of thiazole rings is 1. The van der Waals surface area contributed by atoms with E-state index in [-0.39, 0.29) is 0 Å². The molecule has 0 aliphatic heterocycles. The molecule has 20 heavy (non-hydrogen) atoms. The first-order chi connectivity index (χ1) is 9.60. The van der Waals surface area contributed by atoms with E-state index in [1.807, 2.05) is 0 Å². The van der Waals surface area contributed by atoms with Crippen molar-refractivity contribution < 1.29 is 0 Å². The highest BCUT2D eigenvalue weighted by Gasteiger charge is 2.09. The molecule has 0 radical (unpaired) electrons. The number of rotatable bonds is 6. The summed E-state index contributed by atoms with van der Waals surface area (Å²) in [5.74, 6) is 0. The van der Waals surface area contributed by atoms with E-state index < -0.39 is 0 Å². The van der Waals surface area contributed by atoms with Crippen LogP contribution in [0.3, 0.4) is 0 Å². The minimum atomic E-state index is 0.854. The van der Waals surface area contributed by atoms with Crippen LogP contribution in [0.4, 0.5) is 5.69 Å². The minimum absolute atomic E-state index is 0.854. The molecular formula is C16H23N3S. The summed E-state index contributed by atoms with van der Waals surface area (Å²) in [4.78, 5) is 6.83. The van der Waals surface area contributed by atoms with Gasteiger partial charge in [0.1, 0.15) is 0 Å². The molecule has 2 aromatic rings. The van der Waals surface area contributed by atoms with Crippen LogP contribution in [0.5, 0.6) is 0 Å². The number of aromatic nitrogens is 1. The highest BCUT2D eigenvalue weighted by molar-refractivity contribution is 7.09. The molecule has 108 valence electrons. The largest absolute Gasteiger partial charge is 0.368 e. The Balaban J connectivity index is 2.17. The SMILES string of the molecule is CCNCc1cc(C)ccc1N(C)Cc1csc(C)n1. The summed E-state index contributed by atoms with van der Waals surface area (Å²) in [6.07, 6.45) is 0. The Morgan fingerprint density at radius 3 is 2.75 bits per heavy atom. The first kappa shape index (κ1) is 15.0. The summed E-state index contributed by atoms with van der Waals surface area (Å²) in [5, 5.41) is 6.69. The van der Waals surface area contributed by atoms with E-state index in [1.54, 1.807) is 11.3 Å². The standard InChI is InChI=1S/C16H23N3S/c1-5-17-9-14-8-12(2)6-7-16(14)19(4)10-15-11-20-13(3)18-15/h6-8,11,17H,5,9-10H2,1-4H3. The van der Waals surface area contributed by atoms with Gasteiger partial charge in [0.15, 0.2) is 0 Å². The quantitative estimate of drug-likeness (QED) is 0.882. The molecule has 1 aromatic carbocycles. The molecule has 4 heteroatoms. The number of aryl methyl sites for hydroxylation is 2. The summed E-state index contributed by atoms with van der Waals surface area (Å²) in [5.41, 5.74) is 5.08. The van der Waals surface area contributed by atoms with E-state index in [1.165, 1.54) is 16.8 Å². The van der Waals surface area contributed by atoms with E-state index in [4.69, 9.17) is 0 Å². The lowest BCUT2D eigenvalue weighted by atomic mass is 10.1. The maximum atomic E-state index is 4.55. The predicted octanol–water partition coefficient (Wildman–Crippen LogP) is 3.51. The smallest absolute Gasteiger partial charge is 0.0898 e. The minimum Gasteiger partial charge on any atom is -0.368 e. The topological polar surface area (TPSA) is 28.2 Å². The molecule has 0 aliphatic carbocycles. The molecule has 0 bridgehead atoms. The first-order valence-corrected chi connectivity index (χ1v) is 7.90. The van der Waals surface area contributed by atoms with Crippen molar-refractivity contribution in [1.29, 1.82) is 0 Å². The average Bonchev–Trinajstić information content (AvgIpc) is 2.81. The highest BCUT2D eigenvalue weighted by Crippen LogP contribution is 2.23. The summed E-state index contributed by atoms with van der Waals surface area (Å²) in [7, 11) is 2.13. The zero-order valence-electron chi connectivity index (χ0n) is 12.7. The fraction of sp³-hybridized carbons (Fsp3) is 0.438. The van der Waals surface area contributed by atoms with E-state index in [0.29, 0.717) is 0 Å². The van der Waals surface area contributed by atoms with Crippen molar-refractivity contribution in [3.8, 4) is 0 Å². The molecule has 0 unspecified atom stereocenters. The van der Waals surface area contributed by atoms with Gasteiger partial charge in [0, 0.05) is 24.7 Å². The van der Waals surface area contributed by atoms with Crippen LogP contribution in [-0.2, 0) is 13.1 Å². The van der Waals surface area contributed by atoms with Crippen LogP contribution in [-0.4, -0.2) is 18.6 Å². The van der Waals surface area contributed by atoms with Crippen LogP contribution in [0.15, 0.2) is 23.6 Å². The van der Waals surface area contributed by atoms with Gasteiger partial charge in [-0.15, -0.1) is 11.3 Å². The van der Waals surface area contributed by atoms with Gasteiger partial charge >= 0.3 is 0 Å². The molecule has 0 fully saturated rings. The maximum absolute atomic E-state index is 4.55. The molecule has 0 aliphatic rings. The number of benzene rings is 1. The molecule has 0 atom stereocenters. The Kier molecular flexibility index (Phi) is 5.15. The van der Waals surface area contributed by atoms with Crippen LogP contribution < -0.4 is 10.2 Å². The number of nitrogens with one attached hydrogen (secondary N) is 1. The van der Waals surface area contributed by atoms with Crippen molar-refractivity contribution in [2.45, 2.75) is 33.9 Å². The van der Waals surface area contributed by atoms with E-state index in [9.17, 15) is 0 Å². The third-order valence-corrected chi connectivity index (χ3v) is 4.10. The fourth-order valence-electron chi connectivity index (χ4n) is 2.30. The van der Waals surface area contributed by atoms with Gasteiger partial charge in [0.05, 0.1) is 17.2 Å². The molecule has 1 N–H and O–H groups in total. The Morgan fingerprint density at radius 2 is 2.10 bits per heavy atom. The fourth-order valence-corrected chi connectivity index (χ4v) is 2.90. The second kappa shape index (κ2) is 6.86. The average molecular weight is 289 g/mol. The number of hydrogen-bond donors (Lipinski definition) is 1. The molecule has 0 spiro atoms. The van der Waals surface area contributed by atoms with Crippen LogP contribution >= 0.6 is 11.3 Å². The molecule has 0 saturated heterocycles. The van der Waals surface area contributed by atoms with Gasteiger partial charge in [-0.1, -0.05) is 24.6 Å². The Labute approximate surface area is 125 Å². The van der Waals surface area contributed by atoms with Crippen molar-refractivity contribution in [3.63, 3.8) is 0 Å². The molecule has 1 heterocycles. The monoisotopic (exact) mass is 289 g/mol. The van der Waals surface area contributed by atoms with Crippen LogP contribution in [0.2, 0.25) is 0 Å². The van der Waals surface area contributed by atoms with Gasteiger partial charge < -0.3 is 10.2 Å². The predicted molar refractivity (Wildman–Crippen MR) is 87.5 cm³/mol. The lowest BCUT2D eigenvalue weighted by molar-refractivity contribution is 0.722. The van der Waals surface area contributed by atoms with Gasteiger partial charge in [-0.25, -0.2) is 4.98 Å². The van der Waals surface area contributed by atoms with Crippen LogP contribution in [0.1, 0.15) is 28.8 Å². The van der Waals surface area contributed by atoms with Gasteiger partial charge in [-0.05, 0) is 32.0 Å². The molecule has 3 nitrogen and oxygen atoms in total. The lowest BCUT2D eigenvalue weighted by Gasteiger charge is -2.22. The second-order valence-electron chi connectivity index (χ2n) is 5.13.